The Morgan fingerprint density at radius 3 is 2.14 bits per heavy atom. The van der Waals surface area contributed by atoms with E-state index in [4.69, 9.17) is 14.0 Å². The van der Waals surface area contributed by atoms with Crippen LogP contribution in [0, 0.1) is 0 Å². The van der Waals surface area contributed by atoms with Gasteiger partial charge in [-0.1, -0.05) is 26.2 Å². The number of esters is 1. The lowest BCUT2D eigenvalue weighted by atomic mass is 9.75. The van der Waals surface area contributed by atoms with Crippen LogP contribution in [0.15, 0.2) is 11.5 Å². The van der Waals surface area contributed by atoms with Crippen LogP contribution in [0.3, 0.4) is 0 Å². The summed E-state index contributed by atoms with van der Waals surface area (Å²) in [6.07, 6.45) is 5.62. The molecule has 4 nitrogen and oxygen atoms in total. The second-order valence-electron chi connectivity index (χ2n) is 6.52. The van der Waals surface area contributed by atoms with Gasteiger partial charge in [0, 0.05) is 6.08 Å². The molecule has 120 valence electrons. The minimum absolute atomic E-state index is 0.321. The summed E-state index contributed by atoms with van der Waals surface area (Å²) in [7, 11) is -0.462. The van der Waals surface area contributed by atoms with Crippen LogP contribution in [0.5, 0.6) is 0 Å². The van der Waals surface area contributed by atoms with Crippen molar-refractivity contribution in [2.45, 2.75) is 78.4 Å². The molecule has 1 saturated heterocycles. The van der Waals surface area contributed by atoms with Crippen LogP contribution in [-0.2, 0) is 18.8 Å². The summed E-state index contributed by atoms with van der Waals surface area (Å²) in [6, 6.07) is 0. The topological polar surface area (TPSA) is 44.8 Å². The molecule has 0 spiro atoms. The molecule has 0 aromatic heterocycles. The van der Waals surface area contributed by atoms with Crippen LogP contribution in [0.2, 0.25) is 0 Å². The molecular weight excluding hydrogens is 267 g/mol. The first kappa shape index (κ1) is 18.2. The standard InChI is InChI=1S/C16H29BO4/c1-7-9-10-11-13(12-14(18)19-8-2)17-20-15(3,4)16(5,6)21-17/h12H,7-11H2,1-6H3/b13-12+. The van der Waals surface area contributed by atoms with Gasteiger partial charge in [-0.2, -0.15) is 0 Å². The minimum atomic E-state index is -0.462. The van der Waals surface area contributed by atoms with E-state index in [-0.39, 0.29) is 5.97 Å². The van der Waals surface area contributed by atoms with E-state index >= 15 is 0 Å². The molecular formula is C16H29BO4. The van der Waals surface area contributed by atoms with E-state index in [0.717, 1.165) is 31.2 Å². The van der Waals surface area contributed by atoms with Crippen molar-refractivity contribution in [1.82, 2.24) is 0 Å². The maximum absolute atomic E-state index is 11.8. The summed E-state index contributed by atoms with van der Waals surface area (Å²) in [5.41, 5.74) is 0.0901. The first-order valence-electron chi connectivity index (χ1n) is 7.96. The van der Waals surface area contributed by atoms with Crippen LogP contribution in [-0.4, -0.2) is 30.9 Å². The number of ether oxygens (including phenoxy) is 1. The van der Waals surface area contributed by atoms with Crippen molar-refractivity contribution in [3.05, 3.63) is 11.5 Å². The Labute approximate surface area is 129 Å². The molecule has 0 unspecified atom stereocenters. The van der Waals surface area contributed by atoms with Crippen molar-refractivity contribution in [1.29, 1.82) is 0 Å². The maximum atomic E-state index is 11.8. The van der Waals surface area contributed by atoms with Crippen LogP contribution < -0.4 is 0 Å². The SMILES string of the molecule is CCCCC/C(=C\C(=O)OCC)B1OC(C)(C)C(C)(C)O1. The molecule has 1 heterocycles. The maximum Gasteiger partial charge on any atom is 0.490 e. The van der Waals surface area contributed by atoms with Gasteiger partial charge >= 0.3 is 13.1 Å². The second kappa shape index (κ2) is 7.46. The number of hydrogen-bond donors (Lipinski definition) is 0. The first-order chi connectivity index (χ1) is 9.73. The Morgan fingerprint density at radius 1 is 1.10 bits per heavy atom. The van der Waals surface area contributed by atoms with Gasteiger partial charge in [0.25, 0.3) is 0 Å². The first-order valence-corrected chi connectivity index (χ1v) is 7.96. The Morgan fingerprint density at radius 2 is 1.67 bits per heavy atom. The molecule has 0 atom stereocenters. The molecule has 1 fully saturated rings. The average molecular weight is 296 g/mol. The monoisotopic (exact) mass is 296 g/mol. The third-order valence-corrected chi connectivity index (χ3v) is 4.21. The fourth-order valence-electron chi connectivity index (χ4n) is 2.17. The summed E-state index contributed by atoms with van der Waals surface area (Å²) in [5.74, 6) is -0.321. The van der Waals surface area contributed by atoms with Gasteiger partial charge in [0.05, 0.1) is 17.8 Å². The van der Waals surface area contributed by atoms with Gasteiger partial charge in [-0.15, -0.1) is 0 Å². The Hall–Kier alpha value is -0.805. The fourth-order valence-corrected chi connectivity index (χ4v) is 2.17. The molecule has 5 heteroatoms. The van der Waals surface area contributed by atoms with Crippen LogP contribution in [0.4, 0.5) is 0 Å². The predicted octanol–water partition coefficient (Wildman–Crippen LogP) is 3.69. The van der Waals surface area contributed by atoms with Crippen molar-refractivity contribution in [3.63, 3.8) is 0 Å². The smallest absolute Gasteiger partial charge is 0.463 e. The number of carbonyl (C=O) groups is 1. The fraction of sp³-hybridized carbons (Fsp3) is 0.812. The highest BCUT2D eigenvalue weighted by atomic mass is 16.7. The minimum Gasteiger partial charge on any atom is -0.463 e. The molecule has 0 N–H and O–H groups in total. The molecule has 0 aromatic carbocycles. The predicted molar refractivity (Wildman–Crippen MR) is 84.9 cm³/mol. The average Bonchev–Trinajstić information content (AvgIpc) is 2.58. The summed E-state index contributed by atoms with van der Waals surface area (Å²) in [6.45, 7) is 12.4. The van der Waals surface area contributed by atoms with E-state index in [1.165, 1.54) is 0 Å². The summed E-state index contributed by atoms with van der Waals surface area (Å²) in [5, 5.41) is 0. The molecule has 1 aliphatic heterocycles. The van der Waals surface area contributed by atoms with Crippen molar-refractivity contribution in [3.8, 4) is 0 Å². The zero-order valence-corrected chi connectivity index (χ0v) is 14.3. The van der Waals surface area contributed by atoms with Crippen LogP contribution >= 0.6 is 0 Å². The number of carbonyl (C=O) groups excluding carboxylic acids is 1. The second-order valence-corrected chi connectivity index (χ2v) is 6.52. The quantitative estimate of drug-likeness (QED) is 0.311. The molecule has 0 radical (unpaired) electrons. The third-order valence-electron chi connectivity index (χ3n) is 4.21. The zero-order valence-electron chi connectivity index (χ0n) is 14.3. The number of allylic oxidation sites excluding steroid dienone is 1. The largest absolute Gasteiger partial charge is 0.490 e. The molecule has 0 saturated carbocycles. The normalized spacial score (nSPS) is 20.7. The molecule has 0 amide bonds. The number of unbranched alkanes of at least 4 members (excludes halogenated alkanes) is 2. The lowest BCUT2D eigenvalue weighted by Gasteiger charge is -2.32. The van der Waals surface area contributed by atoms with E-state index < -0.39 is 18.3 Å². The highest BCUT2D eigenvalue weighted by Gasteiger charge is 2.52. The summed E-state index contributed by atoms with van der Waals surface area (Å²) >= 11 is 0. The summed E-state index contributed by atoms with van der Waals surface area (Å²) in [4.78, 5) is 11.8. The van der Waals surface area contributed by atoms with Crippen molar-refractivity contribution in [2.24, 2.45) is 0 Å². The number of hydrogen-bond acceptors (Lipinski definition) is 4. The van der Waals surface area contributed by atoms with Gasteiger partial charge in [-0.25, -0.2) is 4.79 Å². The Kier molecular flexibility index (Phi) is 6.48. The third kappa shape index (κ3) is 4.85. The molecule has 0 aromatic rings. The molecule has 1 aliphatic rings. The Balaban J connectivity index is 2.85. The molecule has 0 aliphatic carbocycles. The van der Waals surface area contributed by atoms with Crippen LogP contribution in [0.1, 0.15) is 67.2 Å². The van der Waals surface area contributed by atoms with Crippen molar-refractivity contribution < 1.29 is 18.8 Å². The lowest BCUT2D eigenvalue weighted by Crippen LogP contribution is -2.41. The lowest BCUT2D eigenvalue weighted by molar-refractivity contribution is -0.137. The number of rotatable bonds is 7. The van der Waals surface area contributed by atoms with Crippen molar-refractivity contribution >= 4 is 13.1 Å². The Bertz CT molecular complexity index is 372. The molecule has 21 heavy (non-hydrogen) atoms. The van der Waals surface area contributed by atoms with E-state index in [1.54, 1.807) is 13.0 Å². The van der Waals surface area contributed by atoms with Gasteiger partial charge in [0.2, 0.25) is 0 Å². The van der Waals surface area contributed by atoms with Gasteiger partial charge < -0.3 is 14.0 Å². The van der Waals surface area contributed by atoms with E-state index in [1.807, 2.05) is 27.7 Å². The molecule has 1 rings (SSSR count). The van der Waals surface area contributed by atoms with Gasteiger partial charge in [0.1, 0.15) is 0 Å². The summed E-state index contributed by atoms with van der Waals surface area (Å²) < 4.78 is 17.1. The highest BCUT2D eigenvalue weighted by Crippen LogP contribution is 2.39. The van der Waals surface area contributed by atoms with Gasteiger partial charge in [0.15, 0.2) is 0 Å². The highest BCUT2D eigenvalue weighted by molar-refractivity contribution is 6.55. The van der Waals surface area contributed by atoms with Crippen LogP contribution in [0.25, 0.3) is 0 Å². The zero-order chi connectivity index (χ0) is 16.1. The van der Waals surface area contributed by atoms with E-state index in [2.05, 4.69) is 6.92 Å². The van der Waals surface area contributed by atoms with E-state index in [9.17, 15) is 4.79 Å². The van der Waals surface area contributed by atoms with E-state index in [0.29, 0.717) is 6.61 Å². The molecule has 0 bridgehead atoms. The van der Waals surface area contributed by atoms with Crippen molar-refractivity contribution in [2.75, 3.05) is 6.61 Å². The van der Waals surface area contributed by atoms with Gasteiger partial charge in [-0.3, -0.25) is 0 Å². The van der Waals surface area contributed by atoms with Gasteiger partial charge in [-0.05, 0) is 46.5 Å².